The smallest absolute Gasteiger partial charge is 0.293 e. The predicted molar refractivity (Wildman–Crippen MR) is 117 cm³/mol. The van der Waals surface area contributed by atoms with Crippen LogP contribution >= 0.6 is 0 Å². The van der Waals surface area contributed by atoms with Crippen LogP contribution in [0.3, 0.4) is 0 Å². The largest absolute Gasteiger partial charge is 0.497 e. The van der Waals surface area contributed by atoms with Crippen LogP contribution in [0.5, 0.6) is 5.75 Å². The van der Waals surface area contributed by atoms with Crippen molar-refractivity contribution >= 4 is 17.5 Å². The van der Waals surface area contributed by atoms with E-state index in [1.54, 1.807) is 37.4 Å². The van der Waals surface area contributed by atoms with Gasteiger partial charge in [0, 0.05) is 37.4 Å². The summed E-state index contributed by atoms with van der Waals surface area (Å²) in [5.41, 5.74) is 1.96. The van der Waals surface area contributed by atoms with Crippen LogP contribution in [0, 0.1) is 18.8 Å². The molecule has 0 bridgehead atoms. The van der Waals surface area contributed by atoms with Crippen molar-refractivity contribution in [2.45, 2.75) is 19.9 Å². The summed E-state index contributed by atoms with van der Waals surface area (Å²) in [5.74, 6) is 2.00. The van der Waals surface area contributed by atoms with Gasteiger partial charge in [-0.05, 0) is 55.2 Å². The van der Waals surface area contributed by atoms with Crippen LogP contribution < -0.4 is 10.1 Å². The van der Waals surface area contributed by atoms with Gasteiger partial charge in [-0.3, -0.25) is 9.59 Å². The lowest BCUT2D eigenvalue weighted by molar-refractivity contribution is 0.0777. The van der Waals surface area contributed by atoms with Crippen molar-refractivity contribution in [2.75, 3.05) is 25.5 Å². The SMILES string of the molecule is COc1ccc(NC(=O)c2nnc3n2C[C@@H]2CN(C(=O)c4cccc(C)n4)C[C@@H]2C3)cc1. The number of ether oxygens (including phenoxy) is 1. The molecule has 1 saturated heterocycles. The summed E-state index contributed by atoms with van der Waals surface area (Å²) in [7, 11) is 1.60. The molecule has 2 aliphatic heterocycles. The molecule has 1 aromatic carbocycles. The fourth-order valence-electron chi connectivity index (χ4n) is 4.54. The molecular formula is C23H24N6O3. The Morgan fingerprint density at radius 3 is 2.56 bits per heavy atom. The molecule has 5 rings (SSSR count). The number of aromatic nitrogens is 4. The summed E-state index contributed by atoms with van der Waals surface area (Å²) < 4.78 is 7.04. The average molecular weight is 432 g/mol. The quantitative estimate of drug-likeness (QED) is 0.678. The summed E-state index contributed by atoms with van der Waals surface area (Å²) >= 11 is 0. The number of fused-ring (bicyclic) bond motifs is 2. The Hall–Kier alpha value is -3.75. The number of carbonyl (C=O) groups is 2. The molecule has 0 saturated carbocycles. The zero-order chi connectivity index (χ0) is 22.2. The Balaban J connectivity index is 1.29. The maximum absolute atomic E-state index is 12.9. The van der Waals surface area contributed by atoms with Crippen LogP contribution in [-0.4, -0.2) is 56.7 Å². The average Bonchev–Trinajstić information content (AvgIpc) is 3.41. The van der Waals surface area contributed by atoms with Crippen molar-refractivity contribution in [1.82, 2.24) is 24.6 Å². The molecule has 9 heteroatoms. The molecular weight excluding hydrogens is 408 g/mol. The van der Waals surface area contributed by atoms with E-state index in [1.807, 2.05) is 28.5 Å². The highest BCUT2D eigenvalue weighted by Gasteiger charge is 2.41. The van der Waals surface area contributed by atoms with E-state index < -0.39 is 0 Å². The van der Waals surface area contributed by atoms with Gasteiger partial charge < -0.3 is 19.5 Å². The predicted octanol–water partition coefficient (Wildman–Crippen LogP) is 2.19. The fourth-order valence-corrected chi connectivity index (χ4v) is 4.54. The van der Waals surface area contributed by atoms with Gasteiger partial charge in [0.2, 0.25) is 5.82 Å². The van der Waals surface area contributed by atoms with Crippen LogP contribution in [0.25, 0.3) is 0 Å². The zero-order valence-corrected chi connectivity index (χ0v) is 18.0. The number of hydrogen-bond donors (Lipinski definition) is 1. The van der Waals surface area contributed by atoms with Crippen LogP contribution in [0.4, 0.5) is 5.69 Å². The lowest BCUT2D eigenvalue weighted by atomic mass is 9.89. The number of methoxy groups -OCH3 is 1. The molecule has 164 valence electrons. The van der Waals surface area contributed by atoms with E-state index in [0.717, 1.165) is 17.3 Å². The van der Waals surface area contributed by atoms with E-state index in [-0.39, 0.29) is 17.7 Å². The number of amides is 2. The van der Waals surface area contributed by atoms with Gasteiger partial charge in [-0.2, -0.15) is 0 Å². The second kappa shape index (κ2) is 8.07. The first-order chi connectivity index (χ1) is 15.5. The summed E-state index contributed by atoms with van der Waals surface area (Å²) in [5, 5.41) is 11.3. The minimum Gasteiger partial charge on any atom is -0.497 e. The summed E-state index contributed by atoms with van der Waals surface area (Å²) in [6.45, 7) is 3.80. The molecule has 32 heavy (non-hydrogen) atoms. The van der Waals surface area contributed by atoms with Gasteiger partial charge >= 0.3 is 0 Å². The van der Waals surface area contributed by atoms with Crippen molar-refractivity contribution in [3.05, 3.63) is 65.5 Å². The van der Waals surface area contributed by atoms with Gasteiger partial charge in [0.05, 0.1) is 7.11 Å². The number of pyridine rings is 1. The Labute approximate surface area is 185 Å². The second-order valence-electron chi connectivity index (χ2n) is 8.33. The zero-order valence-electron chi connectivity index (χ0n) is 18.0. The van der Waals surface area contributed by atoms with Gasteiger partial charge in [-0.1, -0.05) is 6.07 Å². The topological polar surface area (TPSA) is 102 Å². The third-order valence-corrected chi connectivity index (χ3v) is 6.21. The van der Waals surface area contributed by atoms with E-state index in [9.17, 15) is 9.59 Å². The summed E-state index contributed by atoms with van der Waals surface area (Å²) in [6, 6.07) is 12.6. The van der Waals surface area contributed by atoms with Crippen LogP contribution in [0.2, 0.25) is 0 Å². The minimum atomic E-state index is -0.303. The molecule has 0 radical (unpaired) electrons. The first-order valence-corrected chi connectivity index (χ1v) is 10.6. The van der Waals surface area contributed by atoms with Gasteiger partial charge in [0.15, 0.2) is 0 Å². The third-order valence-electron chi connectivity index (χ3n) is 6.21. The molecule has 3 aromatic rings. The highest BCUT2D eigenvalue weighted by molar-refractivity contribution is 6.01. The highest BCUT2D eigenvalue weighted by Crippen LogP contribution is 2.33. The van der Waals surface area contributed by atoms with Crippen LogP contribution in [0.15, 0.2) is 42.5 Å². The number of likely N-dealkylation sites (tertiary alicyclic amines) is 1. The van der Waals surface area contributed by atoms with Crippen molar-refractivity contribution in [3.8, 4) is 5.75 Å². The lowest BCUT2D eigenvalue weighted by Gasteiger charge is -2.25. The highest BCUT2D eigenvalue weighted by atomic mass is 16.5. The van der Waals surface area contributed by atoms with Crippen molar-refractivity contribution < 1.29 is 14.3 Å². The normalized spacial score (nSPS) is 19.2. The Morgan fingerprint density at radius 2 is 1.81 bits per heavy atom. The molecule has 2 amide bonds. The van der Waals surface area contributed by atoms with Crippen molar-refractivity contribution in [2.24, 2.45) is 11.8 Å². The second-order valence-corrected chi connectivity index (χ2v) is 8.33. The number of rotatable bonds is 4. The number of carbonyl (C=O) groups excluding carboxylic acids is 2. The van der Waals surface area contributed by atoms with E-state index in [2.05, 4.69) is 20.5 Å². The lowest BCUT2D eigenvalue weighted by Crippen LogP contribution is -2.31. The number of aryl methyl sites for hydroxylation is 1. The minimum absolute atomic E-state index is 0.0451. The Kier molecular flexibility index (Phi) is 5.08. The molecule has 2 aliphatic rings. The number of nitrogens with zero attached hydrogens (tertiary/aromatic N) is 5. The number of nitrogens with one attached hydrogen (secondary N) is 1. The standard InChI is InChI=1S/C23H24N6O3/c1-14-4-3-5-19(24-14)23(31)28-11-15-10-20-26-27-21(29(20)13-16(15)12-28)22(30)25-17-6-8-18(32-2)9-7-17/h3-9,15-16H,10-13H2,1-2H3,(H,25,30)/t15-,16-/m0/s1. The molecule has 1 fully saturated rings. The molecule has 2 aromatic heterocycles. The van der Waals surface area contributed by atoms with E-state index in [0.29, 0.717) is 49.2 Å². The maximum atomic E-state index is 12.9. The molecule has 0 aliphatic carbocycles. The molecule has 1 N–H and O–H groups in total. The molecule has 0 unspecified atom stereocenters. The van der Waals surface area contributed by atoms with Crippen molar-refractivity contribution in [1.29, 1.82) is 0 Å². The van der Waals surface area contributed by atoms with Gasteiger partial charge in [0.1, 0.15) is 17.3 Å². The first kappa shape index (κ1) is 20.2. The number of hydrogen-bond acceptors (Lipinski definition) is 6. The van der Waals surface area contributed by atoms with E-state index in [4.69, 9.17) is 4.74 Å². The Bertz CT molecular complexity index is 1170. The van der Waals surface area contributed by atoms with E-state index in [1.165, 1.54) is 0 Å². The monoisotopic (exact) mass is 432 g/mol. The summed E-state index contributed by atoms with van der Waals surface area (Å²) in [6.07, 6.45) is 0.693. The number of benzene rings is 1. The Morgan fingerprint density at radius 1 is 1.03 bits per heavy atom. The molecule has 2 atom stereocenters. The number of anilines is 1. The molecule has 4 heterocycles. The maximum Gasteiger partial charge on any atom is 0.293 e. The molecule has 9 nitrogen and oxygen atoms in total. The third kappa shape index (κ3) is 3.70. The fraction of sp³-hybridized carbons (Fsp3) is 0.348. The van der Waals surface area contributed by atoms with E-state index >= 15 is 0 Å². The first-order valence-electron chi connectivity index (χ1n) is 10.6. The summed E-state index contributed by atoms with van der Waals surface area (Å²) in [4.78, 5) is 32.0. The van der Waals surface area contributed by atoms with Gasteiger partial charge in [-0.25, -0.2) is 4.98 Å². The van der Waals surface area contributed by atoms with Crippen LogP contribution in [0.1, 0.15) is 32.6 Å². The van der Waals surface area contributed by atoms with Gasteiger partial charge in [-0.15, -0.1) is 10.2 Å². The molecule has 0 spiro atoms. The van der Waals surface area contributed by atoms with Crippen molar-refractivity contribution in [3.63, 3.8) is 0 Å². The van der Waals surface area contributed by atoms with Gasteiger partial charge in [0.25, 0.3) is 11.8 Å². The van der Waals surface area contributed by atoms with Crippen LogP contribution in [-0.2, 0) is 13.0 Å².